The lowest BCUT2D eigenvalue weighted by Crippen LogP contribution is -2.58. The van der Waals surface area contributed by atoms with Crippen LogP contribution in [0.1, 0.15) is 50.6 Å². The third-order valence-corrected chi connectivity index (χ3v) is 6.49. The minimum Gasteiger partial charge on any atom is -0.349 e. The van der Waals surface area contributed by atoms with Gasteiger partial charge in [0.05, 0.1) is 18.4 Å². The summed E-state index contributed by atoms with van der Waals surface area (Å²) in [6.07, 6.45) is 13.0. The van der Waals surface area contributed by atoms with Crippen LogP contribution in [0.15, 0.2) is 24.0 Å². The molecule has 0 spiro atoms. The van der Waals surface area contributed by atoms with Crippen LogP contribution in [0.2, 0.25) is 0 Å². The molecule has 138 valence electrons. The summed E-state index contributed by atoms with van der Waals surface area (Å²) >= 11 is 1.54. The molecular formula is C19H25N5OS. The van der Waals surface area contributed by atoms with Crippen molar-refractivity contribution in [2.45, 2.75) is 57.0 Å². The maximum absolute atomic E-state index is 13.2. The van der Waals surface area contributed by atoms with Crippen LogP contribution in [0.3, 0.4) is 0 Å². The van der Waals surface area contributed by atoms with E-state index < -0.39 is 0 Å². The molecule has 6 nitrogen and oxygen atoms in total. The van der Waals surface area contributed by atoms with Gasteiger partial charge in [0.2, 0.25) is 5.91 Å². The Labute approximate surface area is 158 Å². The summed E-state index contributed by atoms with van der Waals surface area (Å²) in [6.45, 7) is 2.59. The number of amides is 1. The second-order valence-electron chi connectivity index (χ2n) is 7.20. The van der Waals surface area contributed by atoms with Gasteiger partial charge < -0.3 is 5.32 Å². The largest absolute Gasteiger partial charge is 0.349 e. The van der Waals surface area contributed by atoms with Crippen LogP contribution in [0.5, 0.6) is 0 Å². The standard InChI is InChI=1S/C19H25N5OS/c25-18(19(6-2-1-3-7-19)24-10-4-5-11-24)22-12-15-14-26-17(23-15)16-13-20-8-9-21-16/h8-9,13-14H,1-7,10-12H2,(H,22,25). The van der Waals surface area contributed by atoms with Gasteiger partial charge in [-0.25, -0.2) is 4.98 Å². The predicted molar refractivity (Wildman–Crippen MR) is 102 cm³/mol. The Balaban J connectivity index is 1.43. The van der Waals surface area contributed by atoms with Crippen molar-refractivity contribution in [1.29, 1.82) is 0 Å². The molecule has 1 amide bonds. The lowest BCUT2D eigenvalue weighted by Gasteiger charge is -2.43. The molecule has 2 fully saturated rings. The molecule has 1 aliphatic carbocycles. The highest BCUT2D eigenvalue weighted by atomic mass is 32.1. The van der Waals surface area contributed by atoms with Gasteiger partial charge in [-0.05, 0) is 38.8 Å². The molecule has 1 saturated heterocycles. The SMILES string of the molecule is O=C(NCc1csc(-c2cnccn2)n1)C1(N2CCCC2)CCCCC1. The van der Waals surface area contributed by atoms with E-state index in [0.29, 0.717) is 6.54 Å². The van der Waals surface area contributed by atoms with Crippen molar-refractivity contribution < 1.29 is 4.79 Å². The van der Waals surface area contributed by atoms with Gasteiger partial charge in [0.1, 0.15) is 16.2 Å². The third kappa shape index (κ3) is 3.50. The molecule has 1 aliphatic heterocycles. The van der Waals surface area contributed by atoms with E-state index in [4.69, 9.17) is 0 Å². The molecule has 0 atom stereocenters. The van der Waals surface area contributed by atoms with Crippen molar-refractivity contribution in [2.24, 2.45) is 0 Å². The summed E-state index contributed by atoms with van der Waals surface area (Å²) in [4.78, 5) is 28.6. The van der Waals surface area contributed by atoms with Gasteiger partial charge in [-0.1, -0.05) is 19.3 Å². The zero-order valence-corrected chi connectivity index (χ0v) is 15.8. The molecule has 2 aromatic heterocycles. The molecular weight excluding hydrogens is 346 g/mol. The number of aromatic nitrogens is 3. The molecule has 3 heterocycles. The molecule has 2 aromatic rings. The van der Waals surface area contributed by atoms with E-state index in [1.165, 1.54) is 30.6 Å². The van der Waals surface area contributed by atoms with E-state index in [9.17, 15) is 4.79 Å². The van der Waals surface area contributed by atoms with E-state index >= 15 is 0 Å². The van der Waals surface area contributed by atoms with Gasteiger partial charge in [0, 0.05) is 17.8 Å². The molecule has 1 saturated carbocycles. The van der Waals surface area contributed by atoms with Crippen LogP contribution in [0.4, 0.5) is 0 Å². The highest BCUT2D eigenvalue weighted by Gasteiger charge is 2.45. The van der Waals surface area contributed by atoms with Crippen LogP contribution >= 0.6 is 11.3 Å². The molecule has 4 rings (SSSR count). The summed E-state index contributed by atoms with van der Waals surface area (Å²) in [5.41, 5.74) is 1.37. The summed E-state index contributed by atoms with van der Waals surface area (Å²) < 4.78 is 0. The number of nitrogens with zero attached hydrogens (tertiary/aromatic N) is 4. The van der Waals surface area contributed by atoms with E-state index in [0.717, 1.165) is 55.2 Å². The topological polar surface area (TPSA) is 71.0 Å². The minimum atomic E-state index is -0.293. The number of carbonyl (C=O) groups excluding carboxylic acids is 1. The monoisotopic (exact) mass is 371 g/mol. The van der Waals surface area contributed by atoms with Crippen molar-refractivity contribution in [1.82, 2.24) is 25.2 Å². The Morgan fingerprint density at radius 2 is 1.96 bits per heavy atom. The molecule has 0 bridgehead atoms. The Kier molecular flexibility index (Phi) is 5.26. The second-order valence-corrected chi connectivity index (χ2v) is 8.06. The fourth-order valence-corrected chi connectivity index (χ4v) is 5.00. The summed E-state index contributed by atoms with van der Waals surface area (Å²) in [7, 11) is 0. The minimum absolute atomic E-state index is 0.188. The maximum atomic E-state index is 13.2. The van der Waals surface area contributed by atoms with Gasteiger partial charge in [0.25, 0.3) is 0 Å². The lowest BCUT2D eigenvalue weighted by atomic mass is 9.79. The molecule has 0 unspecified atom stereocenters. The Morgan fingerprint density at radius 1 is 1.15 bits per heavy atom. The van der Waals surface area contributed by atoms with Gasteiger partial charge in [-0.2, -0.15) is 0 Å². The van der Waals surface area contributed by atoms with Crippen LogP contribution in [0, 0.1) is 0 Å². The van der Waals surface area contributed by atoms with E-state index in [-0.39, 0.29) is 11.4 Å². The van der Waals surface area contributed by atoms with E-state index in [1.54, 1.807) is 18.6 Å². The van der Waals surface area contributed by atoms with Crippen molar-refractivity contribution >= 4 is 17.2 Å². The average Bonchev–Trinajstić information content (AvgIpc) is 3.39. The summed E-state index contributed by atoms with van der Waals surface area (Å²) in [5, 5.41) is 6.01. The number of nitrogens with one attached hydrogen (secondary N) is 1. The van der Waals surface area contributed by atoms with Crippen molar-refractivity contribution in [3.63, 3.8) is 0 Å². The number of rotatable bonds is 5. The Bertz CT molecular complexity index is 735. The van der Waals surface area contributed by atoms with Gasteiger partial charge in [-0.15, -0.1) is 11.3 Å². The van der Waals surface area contributed by atoms with Gasteiger partial charge in [-0.3, -0.25) is 19.7 Å². The third-order valence-electron chi connectivity index (χ3n) is 5.58. The first-order valence-corrected chi connectivity index (χ1v) is 10.4. The average molecular weight is 372 g/mol. The Morgan fingerprint density at radius 3 is 2.69 bits per heavy atom. The molecule has 0 aromatic carbocycles. The first-order chi connectivity index (χ1) is 12.8. The summed E-state index contributed by atoms with van der Waals surface area (Å²) in [5.74, 6) is 0.188. The molecule has 0 radical (unpaired) electrons. The van der Waals surface area contributed by atoms with Crippen LogP contribution in [0.25, 0.3) is 10.7 Å². The van der Waals surface area contributed by atoms with Crippen molar-refractivity contribution in [3.8, 4) is 10.7 Å². The number of hydrogen-bond donors (Lipinski definition) is 1. The smallest absolute Gasteiger partial charge is 0.240 e. The van der Waals surface area contributed by atoms with Crippen molar-refractivity contribution in [3.05, 3.63) is 29.7 Å². The summed E-state index contributed by atoms with van der Waals surface area (Å²) in [6, 6.07) is 0. The number of thiazole rings is 1. The molecule has 26 heavy (non-hydrogen) atoms. The normalized spacial score (nSPS) is 20.2. The van der Waals surface area contributed by atoms with Crippen LogP contribution in [-0.2, 0) is 11.3 Å². The zero-order valence-electron chi connectivity index (χ0n) is 15.0. The first-order valence-electron chi connectivity index (χ1n) is 9.52. The lowest BCUT2D eigenvalue weighted by molar-refractivity contribution is -0.135. The highest BCUT2D eigenvalue weighted by molar-refractivity contribution is 7.13. The predicted octanol–water partition coefficient (Wildman–Crippen LogP) is 3.02. The Hall–Kier alpha value is -1.86. The molecule has 2 aliphatic rings. The van der Waals surface area contributed by atoms with Crippen molar-refractivity contribution in [2.75, 3.05) is 13.1 Å². The highest BCUT2D eigenvalue weighted by Crippen LogP contribution is 2.36. The van der Waals surface area contributed by atoms with Crippen LogP contribution < -0.4 is 5.32 Å². The second kappa shape index (κ2) is 7.80. The maximum Gasteiger partial charge on any atom is 0.240 e. The zero-order chi connectivity index (χ0) is 17.8. The fraction of sp³-hybridized carbons (Fsp3) is 0.579. The quantitative estimate of drug-likeness (QED) is 0.875. The molecule has 1 N–H and O–H groups in total. The van der Waals surface area contributed by atoms with E-state index in [1.807, 2.05) is 5.38 Å². The van der Waals surface area contributed by atoms with E-state index in [2.05, 4.69) is 25.2 Å². The van der Waals surface area contributed by atoms with Crippen LogP contribution in [-0.4, -0.2) is 44.4 Å². The molecule has 7 heteroatoms. The van der Waals surface area contributed by atoms with Gasteiger partial charge >= 0.3 is 0 Å². The van der Waals surface area contributed by atoms with Gasteiger partial charge in [0.15, 0.2) is 0 Å². The number of likely N-dealkylation sites (tertiary alicyclic amines) is 1. The number of hydrogen-bond acceptors (Lipinski definition) is 6. The first kappa shape index (κ1) is 17.5. The fourth-order valence-electron chi connectivity index (χ4n) is 4.22. The number of carbonyl (C=O) groups is 1.